The second-order valence-electron chi connectivity index (χ2n) is 7.76. The number of benzene rings is 2. The molecule has 2 aromatic rings. The number of rotatable bonds is 6. The molecule has 2 aliphatic rings. The summed E-state index contributed by atoms with van der Waals surface area (Å²) in [7, 11) is 0. The zero-order valence-corrected chi connectivity index (χ0v) is 16.0. The third kappa shape index (κ3) is 4.51. The Labute approximate surface area is 163 Å². The summed E-state index contributed by atoms with van der Waals surface area (Å²) < 4.78 is 6.24. The minimum absolute atomic E-state index is 0.0303. The molecule has 2 heteroatoms. The Kier molecular flexibility index (Phi) is 5.74. The molecule has 1 fully saturated rings. The smallest absolute Gasteiger partial charge is 0.113 e. The Morgan fingerprint density at radius 2 is 1.48 bits per heavy atom. The lowest BCUT2D eigenvalue weighted by Gasteiger charge is -2.45. The molecule has 4 rings (SSSR count). The van der Waals surface area contributed by atoms with Crippen molar-refractivity contribution in [1.82, 2.24) is 4.90 Å². The van der Waals surface area contributed by atoms with E-state index in [9.17, 15) is 0 Å². The molecule has 1 saturated heterocycles. The van der Waals surface area contributed by atoms with E-state index in [1.807, 2.05) is 6.07 Å². The van der Waals surface area contributed by atoms with Gasteiger partial charge in [-0.05, 0) is 49.6 Å². The molecule has 0 saturated carbocycles. The van der Waals surface area contributed by atoms with Gasteiger partial charge in [0.05, 0.1) is 11.3 Å². The molecule has 0 aromatic heterocycles. The van der Waals surface area contributed by atoms with Crippen LogP contribution in [0.4, 0.5) is 0 Å². The third-order valence-electron chi connectivity index (χ3n) is 5.77. The van der Waals surface area contributed by atoms with Crippen molar-refractivity contribution in [2.75, 3.05) is 13.1 Å². The molecule has 2 nitrogen and oxygen atoms in total. The Bertz CT molecular complexity index is 774. The quantitative estimate of drug-likeness (QED) is 0.674. The Hall–Kier alpha value is -2.32. The molecule has 2 aromatic carbocycles. The Morgan fingerprint density at radius 3 is 2.19 bits per heavy atom. The monoisotopic (exact) mass is 359 g/mol. The molecule has 0 N–H and O–H groups in total. The lowest BCUT2D eigenvalue weighted by atomic mass is 9.81. The first kappa shape index (κ1) is 18.1. The van der Waals surface area contributed by atoms with Crippen LogP contribution in [0.3, 0.4) is 0 Å². The maximum atomic E-state index is 6.24. The van der Waals surface area contributed by atoms with Crippen molar-refractivity contribution >= 4 is 0 Å². The average molecular weight is 360 g/mol. The van der Waals surface area contributed by atoms with Crippen LogP contribution < -0.4 is 0 Å². The Morgan fingerprint density at radius 1 is 0.815 bits per heavy atom. The summed E-state index contributed by atoms with van der Waals surface area (Å²) in [6.45, 7) is 3.01. The molecule has 140 valence electrons. The van der Waals surface area contributed by atoms with E-state index in [-0.39, 0.29) is 5.54 Å². The van der Waals surface area contributed by atoms with Crippen LogP contribution in [0.1, 0.15) is 36.8 Å². The lowest BCUT2D eigenvalue weighted by Crippen LogP contribution is -2.52. The van der Waals surface area contributed by atoms with Crippen LogP contribution in [0.15, 0.2) is 84.7 Å². The molecule has 0 radical (unpaired) electrons. The van der Waals surface area contributed by atoms with E-state index in [2.05, 4.69) is 77.7 Å². The zero-order chi connectivity index (χ0) is 18.4. The van der Waals surface area contributed by atoms with Gasteiger partial charge in [-0.1, -0.05) is 79.2 Å². The molecule has 0 amide bonds. The molecule has 27 heavy (non-hydrogen) atoms. The lowest BCUT2D eigenvalue weighted by molar-refractivity contribution is 0.0777. The summed E-state index contributed by atoms with van der Waals surface area (Å²) in [5.74, 6) is 1.10. The van der Waals surface area contributed by atoms with Gasteiger partial charge in [-0.3, -0.25) is 4.90 Å². The molecule has 1 aliphatic carbocycles. The number of hydrogen-bond acceptors (Lipinski definition) is 2. The minimum Gasteiger partial charge on any atom is -0.493 e. The van der Waals surface area contributed by atoms with Crippen LogP contribution in [-0.2, 0) is 17.8 Å². The van der Waals surface area contributed by atoms with Gasteiger partial charge in [0, 0.05) is 6.42 Å². The SMILES string of the molecule is C1=C[C@@](Cc2ccccc2)(N2CCCCC2)CC(OCc2ccccc2)=C1. The topological polar surface area (TPSA) is 12.5 Å². The summed E-state index contributed by atoms with van der Waals surface area (Å²) >= 11 is 0. The van der Waals surface area contributed by atoms with Gasteiger partial charge < -0.3 is 4.74 Å². The summed E-state index contributed by atoms with van der Waals surface area (Å²) in [4.78, 5) is 2.69. The van der Waals surface area contributed by atoms with Gasteiger partial charge in [0.2, 0.25) is 0 Å². The highest BCUT2D eigenvalue weighted by molar-refractivity contribution is 5.30. The average Bonchev–Trinajstić information content (AvgIpc) is 2.75. The van der Waals surface area contributed by atoms with Gasteiger partial charge in [0.15, 0.2) is 0 Å². The maximum Gasteiger partial charge on any atom is 0.113 e. The number of hydrogen-bond donors (Lipinski definition) is 0. The van der Waals surface area contributed by atoms with E-state index < -0.39 is 0 Å². The van der Waals surface area contributed by atoms with Crippen LogP contribution in [0, 0.1) is 0 Å². The molecule has 0 bridgehead atoms. The first-order valence-corrected chi connectivity index (χ1v) is 10.2. The number of piperidine rings is 1. The predicted molar refractivity (Wildman–Crippen MR) is 111 cm³/mol. The van der Waals surface area contributed by atoms with Gasteiger partial charge in [-0.25, -0.2) is 0 Å². The fraction of sp³-hybridized carbons (Fsp3) is 0.360. The van der Waals surface area contributed by atoms with Gasteiger partial charge in [0.25, 0.3) is 0 Å². The molecular formula is C25H29NO. The third-order valence-corrected chi connectivity index (χ3v) is 5.77. The van der Waals surface area contributed by atoms with Crippen LogP contribution in [-0.4, -0.2) is 23.5 Å². The van der Waals surface area contributed by atoms with E-state index in [4.69, 9.17) is 4.74 Å². The Balaban J connectivity index is 1.52. The van der Waals surface area contributed by atoms with Crippen molar-refractivity contribution in [3.05, 3.63) is 95.8 Å². The van der Waals surface area contributed by atoms with Crippen molar-refractivity contribution in [1.29, 1.82) is 0 Å². The zero-order valence-electron chi connectivity index (χ0n) is 16.0. The number of likely N-dealkylation sites (tertiary alicyclic amines) is 1. The second-order valence-corrected chi connectivity index (χ2v) is 7.76. The van der Waals surface area contributed by atoms with E-state index in [1.165, 1.54) is 43.5 Å². The van der Waals surface area contributed by atoms with E-state index in [1.54, 1.807) is 0 Å². The number of ether oxygens (including phenoxy) is 1. The summed E-state index contributed by atoms with van der Waals surface area (Å²) in [6.07, 6.45) is 12.7. The number of allylic oxidation sites excluding steroid dienone is 2. The van der Waals surface area contributed by atoms with Crippen molar-refractivity contribution in [2.24, 2.45) is 0 Å². The highest BCUT2D eigenvalue weighted by atomic mass is 16.5. The van der Waals surface area contributed by atoms with Gasteiger partial charge in [0.1, 0.15) is 6.61 Å². The van der Waals surface area contributed by atoms with Crippen molar-refractivity contribution < 1.29 is 4.74 Å². The first-order chi connectivity index (χ1) is 13.3. The highest BCUT2D eigenvalue weighted by Crippen LogP contribution is 2.35. The molecule has 1 aliphatic heterocycles. The van der Waals surface area contributed by atoms with Crippen LogP contribution in [0.5, 0.6) is 0 Å². The van der Waals surface area contributed by atoms with Crippen molar-refractivity contribution in [2.45, 2.75) is 44.2 Å². The fourth-order valence-electron chi connectivity index (χ4n) is 4.34. The normalized spacial score (nSPS) is 23.0. The molecule has 1 heterocycles. The van der Waals surface area contributed by atoms with Crippen LogP contribution >= 0.6 is 0 Å². The molecule has 0 spiro atoms. The van der Waals surface area contributed by atoms with Gasteiger partial charge >= 0.3 is 0 Å². The summed E-state index contributed by atoms with van der Waals surface area (Å²) in [5, 5.41) is 0. The molecular weight excluding hydrogens is 330 g/mol. The summed E-state index contributed by atoms with van der Waals surface area (Å²) in [5.41, 5.74) is 2.65. The molecule has 1 atom stereocenters. The van der Waals surface area contributed by atoms with Crippen LogP contribution in [0.25, 0.3) is 0 Å². The number of nitrogens with zero attached hydrogens (tertiary/aromatic N) is 1. The standard InChI is InChI=1S/C25H29NO/c1-4-11-22(12-5-1)19-25(26-17-8-3-9-18-26)16-10-15-24(20-25)27-21-23-13-6-2-7-14-23/h1-2,4-7,10-16H,3,8-9,17-21H2/t25-/m0/s1. The van der Waals surface area contributed by atoms with Crippen molar-refractivity contribution in [3.63, 3.8) is 0 Å². The fourth-order valence-corrected chi connectivity index (χ4v) is 4.34. The van der Waals surface area contributed by atoms with E-state index >= 15 is 0 Å². The second kappa shape index (κ2) is 8.58. The van der Waals surface area contributed by atoms with E-state index in [0.29, 0.717) is 6.61 Å². The van der Waals surface area contributed by atoms with Crippen molar-refractivity contribution in [3.8, 4) is 0 Å². The summed E-state index contributed by atoms with van der Waals surface area (Å²) in [6, 6.07) is 21.3. The van der Waals surface area contributed by atoms with Crippen LogP contribution in [0.2, 0.25) is 0 Å². The molecule has 0 unspecified atom stereocenters. The largest absolute Gasteiger partial charge is 0.493 e. The maximum absolute atomic E-state index is 6.24. The van der Waals surface area contributed by atoms with Gasteiger partial charge in [-0.15, -0.1) is 0 Å². The highest BCUT2D eigenvalue weighted by Gasteiger charge is 2.37. The first-order valence-electron chi connectivity index (χ1n) is 10.2. The van der Waals surface area contributed by atoms with E-state index in [0.717, 1.165) is 18.6 Å². The predicted octanol–water partition coefficient (Wildman–Crippen LogP) is 5.51. The van der Waals surface area contributed by atoms with Gasteiger partial charge in [-0.2, -0.15) is 0 Å². The minimum atomic E-state index is 0.0303.